The summed E-state index contributed by atoms with van der Waals surface area (Å²) in [5.41, 5.74) is 2.83. The van der Waals surface area contributed by atoms with Gasteiger partial charge in [0.25, 0.3) is 0 Å². The Hall–Kier alpha value is -1.11. The van der Waals surface area contributed by atoms with E-state index in [1.54, 1.807) is 0 Å². The molecular weight excluding hydrogens is 182 g/mol. The molecule has 1 aliphatic heterocycles. The van der Waals surface area contributed by atoms with Gasteiger partial charge in [-0.3, -0.25) is 4.99 Å². The fourth-order valence-electron chi connectivity index (χ4n) is 2.23. The van der Waals surface area contributed by atoms with Crippen LogP contribution in [0.1, 0.15) is 50.7 Å². The number of hydrogen-bond donors (Lipinski definition) is 0. The van der Waals surface area contributed by atoms with Gasteiger partial charge in [-0.15, -0.1) is 0 Å². The van der Waals surface area contributed by atoms with Crippen LogP contribution in [0.25, 0.3) is 6.08 Å². The van der Waals surface area contributed by atoms with Gasteiger partial charge in [-0.1, -0.05) is 45.9 Å². The maximum absolute atomic E-state index is 4.61. The highest BCUT2D eigenvalue weighted by atomic mass is 14.7. The molecule has 0 bridgehead atoms. The number of fused-ring (bicyclic) bond motifs is 1. The number of benzene rings is 1. The Morgan fingerprint density at radius 2 is 1.60 bits per heavy atom. The van der Waals surface area contributed by atoms with Crippen molar-refractivity contribution < 1.29 is 0 Å². The van der Waals surface area contributed by atoms with Crippen molar-refractivity contribution in [1.82, 2.24) is 0 Å². The van der Waals surface area contributed by atoms with Gasteiger partial charge in [-0.25, -0.2) is 0 Å². The van der Waals surface area contributed by atoms with Gasteiger partial charge in [0.15, 0.2) is 0 Å². The largest absolute Gasteiger partial charge is 0.280 e. The summed E-state index contributed by atoms with van der Waals surface area (Å²) >= 11 is 0. The quantitative estimate of drug-likeness (QED) is 0.696. The summed E-state index contributed by atoms with van der Waals surface area (Å²) in [5, 5.41) is 2.63. The normalized spacial score (nSPS) is 14.0. The molecule has 0 saturated carbocycles. The standard InChI is InChI=1S/C14H19N/c1-9(2)11-5-6-12(10(3)4)14-13(11)7-8-15-14/h5-7,9-10H,8H2,1-4H3. The molecule has 0 spiro atoms. The Bertz CT molecular complexity index is 436. The van der Waals surface area contributed by atoms with Gasteiger partial charge in [-0.2, -0.15) is 0 Å². The van der Waals surface area contributed by atoms with Crippen LogP contribution in [-0.4, -0.2) is 6.54 Å². The molecule has 2 rings (SSSR count). The Kier molecular flexibility index (Phi) is 2.64. The highest BCUT2D eigenvalue weighted by molar-refractivity contribution is 5.39. The Balaban J connectivity index is 2.72. The zero-order chi connectivity index (χ0) is 11.0. The first-order chi connectivity index (χ1) is 7.11. The van der Waals surface area contributed by atoms with E-state index < -0.39 is 0 Å². The molecule has 0 unspecified atom stereocenters. The zero-order valence-electron chi connectivity index (χ0n) is 10.0. The monoisotopic (exact) mass is 201 g/mol. The van der Waals surface area contributed by atoms with Crippen LogP contribution in [0.4, 0.5) is 0 Å². The van der Waals surface area contributed by atoms with Crippen molar-refractivity contribution in [3.8, 4) is 0 Å². The molecule has 0 atom stereocenters. The third-order valence-corrected chi connectivity index (χ3v) is 3.07. The average molecular weight is 201 g/mol. The second kappa shape index (κ2) is 3.80. The first-order valence-electron chi connectivity index (χ1n) is 5.78. The van der Waals surface area contributed by atoms with Crippen LogP contribution in [0.3, 0.4) is 0 Å². The van der Waals surface area contributed by atoms with Crippen molar-refractivity contribution in [2.24, 2.45) is 4.99 Å². The molecule has 0 aromatic heterocycles. The molecule has 0 saturated heterocycles. The fraction of sp³-hybridized carbons (Fsp3) is 0.500. The molecule has 1 heterocycles. The molecule has 1 nitrogen and oxygen atoms in total. The number of rotatable bonds is 2. The minimum Gasteiger partial charge on any atom is -0.280 e. The highest BCUT2D eigenvalue weighted by Gasteiger charge is 2.11. The minimum absolute atomic E-state index is 0.565. The lowest BCUT2D eigenvalue weighted by molar-refractivity contribution is 0.823. The second-order valence-corrected chi connectivity index (χ2v) is 4.86. The smallest absolute Gasteiger partial charge is 0.0685 e. The molecule has 0 amide bonds. The molecule has 1 aromatic rings. The van der Waals surface area contributed by atoms with Crippen molar-refractivity contribution in [1.29, 1.82) is 0 Å². The van der Waals surface area contributed by atoms with Crippen molar-refractivity contribution in [2.75, 3.05) is 6.54 Å². The van der Waals surface area contributed by atoms with Crippen LogP contribution in [0.5, 0.6) is 0 Å². The molecule has 0 radical (unpaired) electrons. The predicted molar refractivity (Wildman–Crippen MR) is 64.7 cm³/mol. The third-order valence-electron chi connectivity index (χ3n) is 3.07. The molecule has 0 fully saturated rings. The summed E-state index contributed by atoms with van der Waals surface area (Å²) in [5.74, 6) is 1.15. The van der Waals surface area contributed by atoms with E-state index in [9.17, 15) is 0 Å². The second-order valence-electron chi connectivity index (χ2n) is 4.86. The summed E-state index contributed by atoms with van der Waals surface area (Å²) in [6, 6.07) is 4.53. The number of hydrogen-bond acceptors (Lipinski definition) is 1. The van der Waals surface area contributed by atoms with Crippen LogP contribution in [0.2, 0.25) is 0 Å². The molecule has 0 aliphatic carbocycles. The summed E-state index contributed by atoms with van der Waals surface area (Å²) < 4.78 is 0. The van der Waals surface area contributed by atoms with Crippen LogP contribution in [0, 0.1) is 0 Å². The number of nitrogens with zero attached hydrogens (tertiary/aromatic N) is 1. The van der Waals surface area contributed by atoms with Gasteiger partial charge >= 0.3 is 0 Å². The van der Waals surface area contributed by atoms with Gasteiger partial charge in [0.1, 0.15) is 0 Å². The topological polar surface area (TPSA) is 12.4 Å². The van der Waals surface area contributed by atoms with E-state index in [0.717, 1.165) is 6.54 Å². The Morgan fingerprint density at radius 3 is 2.20 bits per heavy atom. The lowest BCUT2D eigenvalue weighted by Gasteiger charge is -2.10. The zero-order valence-corrected chi connectivity index (χ0v) is 10.0. The SMILES string of the molecule is CC(C)c1ccc(C(C)C)c2c1=CCN=2. The summed E-state index contributed by atoms with van der Waals surface area (Å²) in [4.78, 5) is 4.61. The molecule has 0 N–H and O–H groups in total. The van der Waals surface area contributed by atoms with Crippen molar-refractivity contribution in [3.05, 3.63) is 33.8 Å². The molecule has 1 aromatic carbocycles. The van der Waals surface area contributed by atoms with E-state index in [4.69, 9.17) is 0 Å². The van der Waals surface area contributed by atoms with Gasteiger partial charge < -0.3 is 0 Å². The highest BCUT2D eigenvalue weighted by Crippen LogP contribution is 2.13. The summed E-state index contributed by atoms with van der Waals surface area (Å²) in [6.45, 7) is 9.82. The lowest BCUT2D eigenvalue weighted by atomic mass is 9.94. The van der Waals surface area contributed by atoms with Crippen molar-refractivity contribution in [3.63, 3.8) is 0 Å². The third kappa shape index (κ3) is 1.71. The molecule has 80 valence electrons. The predicted octanol–water partition coefficient (Wildman–Crippen LogP) is 2.35. The first-order valence-corrected chi connectivity index (χ1v) is 5.78. The van der Waals surface area contributed by atoms with Crippen LogP contribution in [0.15, 0.2) is 17.1 Å². The van der Waals surface area contributed by atoms with E-state index in [-0.39, 0.29) is 0 Å². The van der Waals surface area contributed by atoms with Gasteiger partial charge in [0, 0.05) is 5.22 Å². The van der Waals surface area contributed by atoms with Crippen LogP contribution in [-0.2, 0) is 0 Å². The first kappa shape index (κ1) is 10.4. The van der Waals surface area contributed by atoms with E-state index in [1.807, 2.05) is 0 Å². The van der Waals surface area contributed by atoms with E-state index >= 15 is 0 Å². The Morgan fingerprint density at radius 1 is 1.00 bits per heavy atom. The molecular formula is C14H19N. The van der Waals surface area contributed by atoms with Crippen molar-refractivity contribution >= 4 is 6.08 Å². The molecule has 15 heavy (non-hydrogen) atoms. The maximum Gasteiger partial charge on any atom is 0.0685 e. The molecule has 1 aliphatic rings. The molecule has 1 heteroatoms. The Labute approximate surface area is 91.6 Å². The fourth-order valence-corrected chi connectivity index (χ4v) is 2.23. The lowest BCUT2D eigenvalue weighted by Crippen LogP contribution is -2.30. The van der Waals surface area contributed by atoms with E-state index in [1.165, 1.54) is 21.7 Å². The van der Waals surface area contributed by atoms with E-state index in [2.05, 4.69) is 50.9 Å². The summed E-state index contributed by atoms with van der Waals surface area (Å²) in [6.07, 6.45) is 2.26. The average Bonchev–Trinajstić information content (AvgIpc) is 2.63. The minimum atomic E-state index is 0.565. The van der Waals surface area contributed by atoms with Gasteiger partial charge in [0.05, 0.1) is 11.9 Å². The van der Waals surface area contributed by atoms with Crippen LogP contribution < -0.4 is 10.6 Å². The van der Waals surface area contributed by atoms with E-state index in [0.29, 0.717) is 11.8 Å². The van der Waals surface area contributed by atoms with Gasteiger partial charge in [-0.05, 0) is 23.0 Å². The van der Waals surface area contributed by atoms with Crippen molar-refractivity contribution in [2.45, 2.75) is 39.5 Å². The van der Waals surface area contributed by atoms with Gasteiger partial charge in [0.2, 0.25) is 0 Å². The van der Waals surface area contributed by atoms with Crippen LogP contribution >= 0.6 is 0 Å². The maximum atomic E-state index is 4.61. The summed E-state index contributed by atoms with van der Waals surface area (Å²) in [7, 11) is 0.